The van der Waals surface area contributed by atoms with Crippen LogP contribution in [0.25, 0.3) is 11.3 Å². The van der Waals surface area contributed by atoms with Crippen molar-refractivity contribution in [2.45, 2.75) is 20.3 Å². The molecule has 0 radical (unpaired) electrons. The number of methoxy groups -OCH3 is 1. The summed E-state index contributed by atoms with van der Waals surface area (Å²) in [6.07, 6.45) is -0.618. The van der Waals surface area contributed by atoms with Crippen molar-refractivity contribution in [3.8, 4) is 23.0 Å². The summed E-state index contributed by atoms with van der Waals surface area (Å²) in [5, 5.41) is 8.64. The Bertz CT molecular complexity index is 671. The standard InChI is InChI=1S/C15H16N2O4/c1-4-10-8-11(9(2)16-14(10)20-3)12-6-5-7-13(17-12)21-15(18)19/h5-8H,4H2,1-3H3,(H,18,19). The maximum atomic E-state index is 10.6. The van der Waals surface area contributed by atoms with E-state index in [4.69, 9.17) is 9.84 Å². The molecule has 6 heteroatoms. The van der Waals surface area contributed by atoms with E-state index in [9.17, 15) is 4.79 Å². The molecule has 0 aliphatic rings. The lowest BCUT2D eigenvalue weighted by Crippen LogP contribution is -2.05. The molecule has 0 aromatic carbocycles. The van der Waals surface area contributed by atoms with Gasteiger partial charge in [0.05, 0.1) is 18.5 Å². The van der Waals surface area contributed by atoms with Gasteiger partial charge in [-0.15, -0.1) is 0 Å². The monoisotopic (exact) mass is 288 g/mol. The normalized spacial score (nSPS) is 10.2. The van der Waals surface area contributed by atoms with Crippen molar-refractivity contribution in [3.05, 3.63) is 35.5 Å². The van der Waals surface area contributed by atoms with E-state index in [1.807, 2.05) is 19.9 Å². The minimum absolute atomic E-state index is 0.0354. The van der Waals surface area contributed by atoms with Gasteiger partial charge in [0.1, 0.15) is 0 Å². The van der Waals surface area contributed by atoms with E-state index in [2.05, 4.69) is 14.7 Å². The number of nitrogens with zero attached hydrogens (tertiary/aromatic N) is 2. The third-order valence-corrected chi connectivity index (χ3v) is 3.02. The van der Waals surface area contributed by atoms with Crippen LogP contribution >= 0.6 is 0 Å². The molecule has 0 fully saturated rings. The molecule has 2 heterocycles. The van der Waals surface area contributed by atoms with Crippen LogP contribution in [0.2, 0.25) is 0 Å². The zero-order chi connectivity index (χ0) is 15.4. The number of carbonyl (C=O) groups is 1. The molecule has 0 saturated carbocycles. The highest BCUT2D eigenvalue weighted by Crippen LogP contribution is 2.28. The lowest BCUT2D eigenvalue weighted by atomic mass is 10.1. The number of pyridine rings is 2. The van der Waals surface area contributed by atoms with Gasteiger partial charge >= 0.3 is 6.16 Å². The van der Waals surface area contributed by atoms with E-state index in [0.717, 1.165) is 23.2 Å². The summed E-state index contributed by atoms with van der Waals surface area (Å²) in [5.41, 5.74) is 3.15. The molecule has 0 saturated heterocycles. The zero-order valence-corrected chi connectivity index (χ0v) is 12.1. The smallest absolute Gasteiger partial charge is 0.481 e. The maximum absolute atomic E-state index is 10.6. The van der Waals surface area contributed by atoms with Gasteiger partial charge in [0.25, 0.3) is 0 Å². The molecule has 21 heavy (non-hydrogen) atoms. The van der Waals surface area contributed by atoms with Crippen molar-refractivity contribution in [1.29, 1.82) is 0 Å². The first-order valence-electron chi connectivity index (χ1n) is 6.47. The Morgan fingerprint density at radius 1 is 1.33 bits per heavy atom. The van der Waals surface area contributed by atoms with Crippen LogP contribution in [0, 0.1) is 6.92 Å². The Hall–Kier alpha value is -2.63. The van der Waals surface area contributed by atoms with Crippen LogP contribution in [0.4, 0.5) is 4.79 Å². The molecular formula is C15H16N2O4. The highest BCUT2D eigenvalue weighted by Gasteiger charge is 2.12. The predicted molar refractivity (Wildman–Crippen MR) is 76.8 cm³/mol. The van der Waals surface area contributed by atoms with Crippen LogP contribution in [0.3, 0.4) is 0 Å². The SMILES string of the molecule is CCc1cc(-c2cccc(OC(=O)O)n2)c(C)nc1OC. The molecular weight excluding hydrogens is 272 g/mol. The summed E-state index contributed by atoms with van der Waals surface area (Å²) >= 11 is 0. The Labute approximate surface area is 122 Å². The number of ether oxygens (including phenoxy) is 2. The van der Waals surface area contributed by atoms with Gasteiger partial charge in [-0.2, -0.15) is 0 Å². The van der Waals surface area contributed by atoms with E-state index >= 15 is 0 Å². The number of hydrogen-bond acceptors (Lipinski definition) is 5. The molecule has 0 unspecified atom stereocenters. The van der Waals surface area contributed by atoms with Gasteiger partial charge in [0.15, 0.2) is 0 Å². The molecule has 2 aromatic rings. The molecule has 2 rings (SSSR count). The van der Waals surface area contributed by atoms with E-state index < -0.39 is 6.16 Å². The molecule has 0 atom stereocenters. The largest absolute Gasteiger partial charge is 0.512 e. The Morgan fingerprint density at radius 2 is 2.10 bits per heavy atom. The Balaban J connectivity index is 2.48. The van der Waals surface area contributed by atoms with E-state index in [-0.39, 0.29) is 5.88 Å². The third kappa shape index (κ3) is 3.28. The van der Waals surface area contributed by atoms with Crippen LogP contribution in [0.5, 0.6) is 11.8 Å². The minimum atomic E-state index is -1.39. The first kappa shape index (κ1) is 14.8. The number of carboxylic acid groups (broad SMARTS) is 1. The van der Waals surface area contributed by atoms with Gasteiger partial charge in [-0.25, -0.2) is 14.8 Å². The van der Waals surface area contributed by atoms with Crippen LogP contribution in [0.1, 0.15) is 18.2 Å². The van der Waals surface area contributed by atoms with Gasteiger partial charge < -0.3 is 14.6 Å². The summed E-state index contributed by atoms with van der Waals surface area (Å²) in [4.78, 5) is 19.2. The summed E-state index contributed by atoms with van der Waals surface area (Å²) in [7, 11) is 1.58. The van der Waals surface area contributed by atoms with Crippen molar-refractivity contribution in [3.63, 3.8) is 0 Å². The van der Waals surface area contributed by atoms with Crippen molar-refractivity contribution < 1.29 is 19.4 Å². The van der Waals surface area contributed by atoms with Crippen molar-refractivity contribution >= 4 is 6.16 Å². The number of aromatic nitrogens is 2. The predicted octanol–water partition coefficient (Wildman–Crippen LogP) is 3.08. The summed E-state index contributed by atoms with van der Waals surface area (Å²) in [5.74, 6) is 0.630. The van der Waals surface area contributed by atoms with Crippen molar-refractivity contribution in [2.75, 3.05) is 7.11 Å². The second kappa shape index (κ2) is 6.21. The minimum Gasteiger partial charge on any atom is -0.481 e. The highest BCUT2D eigenvalue weighted by atomic mass is 16.7. The summed E-state index contributed by atoms with van der Waals surface area (Å²) < 4.78 is 9.83. The van der Waals surface area contributed by atoms with Crippen LogP contribution in [0.15, 0.2) is 24.3 Å². The first-order valence-corrected chi connectivity index (χ1v) is 6.47. The maximum Gasteiger partial charge on any atom is 0.512 e. The lowest BCUT2D eigenvalue weighted by Gasteiger charge is -2.11. The van der Waals surface area contributed by atoms with E-state index in [1.54, 1.807) is 19.2 Å². The highest BCUT2D eigenvalue weighted by molar-refractivity contribution is 5.65. The molecule has 0 bridgehead atoms. The average molecular weight is 288 g/mol. The molecule has 0 amide bonds. The average Bonchev–Trinajstić information content (AvgIpc) is 2.46. The molecule has 0 aliphatic carbocycles. The number of aryl methyl sites for hydroxylation is 2. The first-order chi connectivity index (χ1) is 10.0. The van der Waals surface area contributed by atoms with Crippen molar-refractivity contribution in [2.24, 2.45) is 0 Å². The fourth-order valence-electron chi connectivity index (χ4n) is 2.03. The van der Waals surface area contributed by atoms with Crippen molar-refractivity contribution in [1.82, 2.24) is 9.97 Å². The van der Waals surface area contributed by atoms with Gasteiger partial charge in [-0.3, -0.25) is 0 Å². The molecule has 0 spiro atoms. The molecule has 6 nitrogen and oxygen atoms in total. The Morgan fingerprint density at radius 3 is 2.71 bits per heavy atom. The topological polar surface area (TPSA) is 81.5 Å². The molecule has 1 N–H and O–H groups in total. The van der Waals surface area contributed by atoms with Gasteiger partial charge in [0.2, 0.25) is 11.8 Å². The van der Waals surface area contributed by atoms with Gasteiger partial charge in [0, 0.05) is 17.2 Å². The molecule has 2 aromatic heterocycles. The van der Waals surface area contributed by atoms with Crippen LogP contribution < -0.4 is 9.47 Å². The van der Waals surface area contributed by atoms with Gasteiger partial charge in [-0.1, -0.05) is 13.0 Å². The van der Waals surface area contributed by atoms with Crippen LogP contribution in [-0.4, -0.2) is 28.3 Å². The summed E-state index contributed by atoms with van der Waals surface area (Å²) in [6.45, 7) is 3.86. The fourth-order valence-corrected chi connectivity index (χ4v) is 2.03. The van der Waals surface area contributed by atoms with E-state index in [0.29, 0.717) is 11.6 Å². The molecule has 0 aliphatic heterocycles. The third-order valence-electron chi connectivity index (χ3n) is 3.02. The summed E-state index contributed by atoms with van der Waals surface area (Å²) in [6, 6.07) is 6.92. The lowest BCUT2D eigenvalue weighted by molar-refractivity contribution is 0.142. The Kier molecular flexibility index (Phi) is 4.37. The second-order valence-electron chi connectivity index (χ2n) is 4.37. The van der Waals surface area contributed by atoms with E-state index in [1.165, 1.54) is 6.07 Å². The quantitative estimate of drug-likeness (QED) is 0.871. The van der Waals surface area contributed by atoms with Gasteiger partial charge in [-0.05, 0) is 25.5 Å². The second-order valence-corrected chi connectivity index (χ2v) is 4.37. The zero-order valence-electron chi connectivity index (χ0n) is 12.1. The fraction of sp³-hybridized carbons (Fsp3) is 0.267. The number of hydrogen-bond donors (Lipinski definition) is 1. The molecule has 110 valence electrons. The van der Waals surface area contributed by atoms with Crippen LogP contribution in [-0.2, 0) is 6.42 Å². The number of rotatable bonds is 4.